The van der Waals surface area contributed by atoms with Crippen molar-refractivity contribution in [2.75, 3.05) is 6.54 Å². The molecule has 6 nitrogen and oxygen atoms in total. The fourth-order valence-corrected chi connectivity index (χ4v) is 3.66. The standard InChI is InChI=1S/C21H19N3O3/c1-2-21(14-8-4-3-5-9-14)19(26)24(20(27)23-21)13-18(25)16-12-22-17-11-7-6-10-15(16)17/h3-12,22H,2,13H2,1H3,(H,23,27). The van der Waals surface area contributed by atoms with E-state index in [2.05, 4.69) is 10.3 Å². The third-order valence-corrected chi connectivity index (χ3v) is 5.16. The number of carbonyl (C=O) groups excluding carboxylic acids is 3. The molecule has 1 atom stereocenters. The summed E-state index contributed by atoms with van der Waals surface area (Å²) in [7, 11) is 0. The average Bonchev–Trinajstić information content (AvgIpc) is 3.23. The summed E-state index contributed by atoms with van der Waals surface area (Å²) in [6, 6.07) is 16.0. The average molecular weight is 361 g/mol. The first-order valence-electron chi connectivity index (χ1n) is 8.86. The molecule has 3 amide bonds. The third kappa shape index (κ3) is 2.61. The van der Waals surface area contributed by atoms with Crippen LogP contribution in [-0.2, 0) is 10.3 Å². The van der Waals surface area contributed by atoms with Gasteiger partial charge in [-0.2, -0.15) is 0 Å². The molecular formula is C21H19N3O3. The summed E-state index contributed by atoms with van der Waals surface area (Å²) in [4.78, 5) is 42.5. The van der Waals surface area contributed by atoms with Gasteiger partial charge in [-0.05, 0) is 18.1 Å². The highest BCUT2D eigenvalue weighted by atomic mass is 16.2. The van der Waals surface area contributed by atoms with Crippen LogP contribution in [0.25, 0.3) is 10.9 Å². The molecule has 0 bridgehead atoms. The van der Waals surface area contributed by atoms with Crippen molar-refractivity contribution < 1.29 is 14.4 Å². The topological polar surface area (TPSA) is 82.3 Å². The van der Waals surface area contributed by atoms with Crippen LogP contribution in [-0.4, -0.2) is 34.2 Å². The molecule has 0 spiro atoms. The van der Waals surface area contributed by atoms with Gasteiger partial charge in [0.15, 0.2) is 5.78 Å². The molecule has 2 N–H and O–H groups in total. The number of H-pyrrole nitrogens is 1. The van der Waals surface area contributed by atoms with E-state index in [-0.39, 0.29) is 12.3 Å². The summed E-state index contributed by atoms with van der Waals surface area (Å²) in [5.74, 6) is -0.676. The summed E-state index contributed by atoms with van der Waals surface area (Å²) >= 11 is 0. The molecule has 6 heteroatoms. The van der Waals surface area contributed by atoms with E-state index in [9.17, 15) is 14.4 Å². The van der Waals surface area contributed by atoms with Gasteiger partial charge in [-0.25, -0.2) is 4.79 Å². The van der Waals surface area contributed by atoms with Crippen LogP contribution in [0.15, 0.2) is 60.8 Å². The third-order valence-electron chi connectivity index (χ3n) is 5.16. The Labute approximate surface area is 156 Å². The maximum Gasteiger partial charge on any atom is 0.325 e. The largest absolute Gasteiger partial charge is 0.360 e. The van der Waals surface area contributed by atoms with E-state index in [0.717, 1.165) is 15.8 Å². The molecule has 3 aromatic rings. The van der Waals surface area contributed by atoms with Crippen LogP contribution in [0.3, 0.4) is 0 Å². The second kappa shape index (κ2) is 6.39. The molecular weight excluding hydrogens is 342 g/mol. The molecule has 1 unspecified atom stereocenters. The van der Waals surface area contributed by atoms with Gasteiger partial charge in [0.05, 0.1) is 6.54 Å². The second-order valence-corrected chi connectivity index (χ2v) is 6.62. The van der Waals surface area contributed by atoms with E-state index in [1.165, 1.54) is 0 Å². The van der Waals surface area contributed by atoms with Gasteiger partial charge >= 0.3 is 6.03 Å². The Kier molecular flexibility index (Phi) is 4.03. The second-order valence-electron chi connectivity index (χ2n) is 6.62. The predicted molar refractivity (Wildman–Crippen MR) is 101 cm³/mol. The normalized spacial score (nSPS) is 19.5. The highest BCUT2D eigenvalue weighted by Crippen LogP contribution is 2.32. The van der Waals surface area contributed by atoms with Crippen molar-refractivity contribution >= 4 is 28.6 Å². The van der Waals surface area contributed by atoms with Crippen LogP contribution in [0.4, 0.5) is 4.79 Å². The smallest absolute Gasteiger partial charge is 0.325 e. The number of para-hydroxylation sites is 1. The SMILES string of the molecule is CCC1(c2ccccc2)NC(=O)N(CC(=O)c2c[nH]c3ccccc23)C1=O. The molecule has 136 valence electrons. The Morgan fingerprint density at radius 3 is 2.48 bits per heavy atom. The number of amides is 3. The van der Waals surface area contributed by atoms with Crippen LogP contribution in [0.2, 0.25) is 0 Å². The van der Waals surface area contributed by atoms with Crippen molar-refractivity contribution in [1.82, 2.24) is 15.2 Å². The molecule has 1 aromatic heterocycles. The fraction of sp³-hybridized carbons (Fsp3) is 0.190. The molecule has 2 heterocycles. The molecule has 27 heavy (non-hydrogen) atoms. The van der Waals surface area contributed by atoms with Gasteiger partial charge in [0.25, 0.3) is 5.91 Å². The number of hydrogen-bond acceptors (Lipinski definition) is 3. The van der Waals surface area contributed by atoms with Gasteiger partial charge in [0, 0.05) is 22.7 Å². The number of aromatic nitrogens is 1. The number of carbonyl (C=O) groups is 3. The van der Waals surface area contributed by atoms with Gasteiger partial charge in [-0.3, -0.25) is 14.5 Å². The summed E-state index contributed by atoms with van der Waals surface area (Å²) in [6.07, 6.45) is 2.02. The van der Waals surface area contributed by atoms with Crippen LogP contribution in [0.1, 0.15) is 29.3 Å². The molecule has 1 fully saturated rings. The first-order valence-corrected chi connectivity index (χ1v) is 8.86. The molecule has 4 rings (SSSR count). The van der Waals surface area contributed by atoms with E-state index in [1.807, 2.05) is 61.5 Å². The van der Waals surface area contributed by atoms with Gasteiger partial charge in [0.1, 0.15) is 5.54 Å². The number of rotatable bonds is 5. The van der Waals surface area contributed by atoms with E-state index < -0.39 is 17.5 Å². The minimum absolute atomic E-state index is 0.282. The molecule has 0 aliphatic carbocycles. The Morgan fingerprint density at radius 1 is 1.04 bits per heavy atom. The summed E-state index contributed by atoms with van der Waals surface area (Å²) in [5, 5.41) is 3.58. The number of imide groups is 1. The monoisotopic (exact) mass is 361 g/mol. The van der Waals surface area contributed by atoms with Crippen molar-refractivity contribution in [3.63, 3.8) is 0 Å². The molecule has 1 saturated heterocycles. The number of nitrogens with one attached hydrogen (secondary N) is 2. The number of nitrogens with zero attached hydrogens (tertiary/aromatic N) is 1. The minimum atomic E-state index is -1.13. The molecule has 1 aliphatic rings. The number of fused-ring (bicyclic) bond motifs is 1. The van der Waals surface area contributed by atoms with Gasteiger partial charge in [-0.1, -0.05) is 55.5 Å². The van der Waals surface area contributed by atoms with Crippen LogP contribution in [0, 0.1) is 0 Å². The zero-order chi connectivity index (χ0) is 19.0. The minimum Gasteiger partial charge on any atom is -0.360 e. The molecule has 0 saturated carbocycles. The van der Waals surface area contributed by atoms with Crippen molar-refractivity contribution in [3.8, 4) is 0 Å². The molecule has 2 aromatic carbocycles. The van der Waals surface area contributed by atoms with E-state index in [1.54, 1.807) is 6.20 Å². The van der Waals surface area contributed by atoms with Crippen molar-refractivity contribution in [1.29, 1.82) is 0 Å². The fourth-order valence-electron chi connectivity index (χ4n) is 3.66. The Hall–Kier alpha value is -3.41. The Balaban J connectivity index is 1.64. The number of hydrogen-bond donors (Lipinski definition) is 2. The van der Waals surface area contributed by atoms with Gasteiger partial charge in [0.2, 0.25) is 0 Å². The number of urea groups is 1. The van der Waals surface area contributed by atoms with Crippen LogP contribution >= 0.6 is 0 Å². The Bertz CT molecular complexity index is 1040. The maximum absolute atomic E-state index is 13.1. The van der Waals surface area contributed by atoms with Crippen LogP contribution < -0.4 is 5.32 Å². The van der Waals surface area contributed by atoms with Crippen LogP contribution in [0.5, 0.6) is 0 Å². The summed E-state index contributed by atoms with van der Waals surface area (Å²) < 4.78 is 0. The lowest BCUT2D eigenvalue weighted by atomic mass is 9.87. The van der Waals surface area contributed by atoms with E-state index in [4.69, 9.17) is 0 Å². The predicted octanol–water partition coefficient (Wildman–Crippen LogP) is 3.21. The molecule has 1 aliphatic heterocycles. The number of ketones is 1. The maximum atomic E-state index is 13.1. The number of aromatic amines is 1. The summed E-state index contributed by atoms with van der Waals surface area (Å²) in [5.41, 5.74) is 0.900. The van der Waals surface area contributed by atoms with Gasteiger partial charge in [-0.15, -0.1) is 0 Å². The number of Topliss-reactive ketones (excluding diaryl/α,β-unsaturated/α-hetero) is 1. The lowest BCUT2D eigenvalue weighted by Gasteiger charge is -2.25. The quantitative estimate of drug-likeness (QED) is 0.541. The van der Waals surface area contributed by atoms with E-state index >= 15 is 0 Å². The zero-order valence-electron chi connectivity index (χ0n) is 14.9. The highest BCUT2D eigenvalue weighted by Gasteiger charge is 2.51. The first kappa shape index (κ1) is 17.0. The van der Waals surface area contributed by atoms with Crippen molar-refractivity contribution in [2.45, 2.75) is 18.9 Å². The lowest BCUT2D eigenvalue weighted by molar-refractivity contribution is -0.131. The lowest BCUT2D eigenvalue weighted by Crippen LogP contribution is -2.43. The highest BCUT2D eigenvalue weighted by molar-refractivity contribution is 6.14. The van der Waals surface area contributed by atoms with Crippen molar-refractivity contribution in [2.24, 2.45) is 0 Å². The van der Waals surface area contributed by atoms with Crippen molar-refractivity contribution in [3.05, 3.63) is 71.9 Å². The number of benzene rings is 2. The summed E-state index contributed by atoms with van der Waals surface area (Å²) in [6.45, 7) is 1.55. The zero-order valence-corrected chi connectivity index (χ0v) is 14.9. The first-order chi connectivity index (χ1) is 13.1. The van der Waals surface area contributed by atoms with Gasteiger partial charge < -0.3 is 10.3 Å². The molecule has 0 radical (unpaired) electrons. The van der Waals surface area contributed by atoms with E-state index in [0.29, 0.717) is 17.5 Å². The Morgan fingerprint density at radius 2 is 1.74 bits per heavy atom.